The lowest BCUT2D eigenvalue weighted by molar-refractivity contribution is -0.132. The number of aliphatic hydroxyl groups is 1. The van der Waals surface area contributed by atoms with Crippen LogP contribution in [0, 0.1) is 19.7 Å². The number of hydrogen-bond donors (Lipinski definition) is 1. The van der Waals surface area contributed by atoms with Gasteiger partial charge in [-0.1, -0.05) is 6.07 Å². The van der Waals surface area contributed by atoms with E-state index in [1.165, 1.54) is 18.2 Å². The van der Waals surface area contributed by atoms with E-state index in [0.29, 0.717) is 18.6 Å². The lowest BCUT2D eigenvalue weighted by Gasteiger charge is -2.39. The Morgan fingerprint density at radius 2 is 2.14 bits per heavy atom. The SMILES string of the molecule is Cc1nn(C)c(C)c1/C=C/C(=O)N(C)[C@@H]1CCC[C@@H](Oc2cccc(F)c2)[C@@H]1O. The molecule has 1 aliphatic rings. The summed E-state index contributed by atoms with van der Waals surface area (Å²) in [6.07, 6.45) is 4.09. The van der Waals surface area contributed by atoms with Crippen LogP contribution in [0.15, 0.2) is 30.3 Å². The van der Waals surface area contributed by atoms with Crippen molar-refractivity contribution in [2.45, 2.75) is 51.4 Å². The van der Waals surface area contributed by atoms with Crippen molar-refractivity contribution >= 4 is 12.0 Å². The summed E-state index contributed by atoms with van der Waals surface area (Å²) >= 11 is 0. The first-order valence-corrected chi connectivity index (χ1v) is 9.83. The van der Waals surface area contributed by atoms with Gasteiger partial charge in [0.1, 0.15) is 23.8 Å². The summed E-state index contributed by atoms with van der Waals surface area (Å²) in [4.78, 5) is 14.3. The van der Waals surface area contributed by atoms with Gasteiger partial charge in [-0.05, 0) is 51.3 Å². The van der Waals surface area contributed by atoms with Crippen LogP contribution in [0.5, 0.6) is 5.75 Å². The second-order valence-corrected chi connectivity index (χ2v) is 7.59. The summed E-state index contributed by atoms with van der Waals surface area (Å²) in [7, 11) is 3.55. The molecule has 156 valence electrons. The minimum atomic E-state index is -0.851. The molecule has 1 N–H and O–H groups in total. The Bertz CT molecular complexity index is 909. The number of ether oxygens (including phenoxy) is 1. The second-order valence-electron chi connectivity index (χ2n) is 7.59. The van der Waals surface area contributed by atoms with Gasteiger partial charge in [-0.3, -0.25) is 9.48 Å². The van der Waals surface area contributed by atoms with Crippen LogP contribution in [0.2, 0.25) is 0 Å². The van der Waals surface area contributed by atoms with Crippen molar-refractivity contribution in [3.8, 4) is 5.75 Å². The molecule has 0 unspecified atom stereocenters. The molecule has 1 amide bonds. The van der Waals surface area contributed by atoms with Gasteiger partial charge in [0, 0.05) is 37.5 Å². The number of aromatic nitrogens is 2. The van der Waals surface area contributed by atoms with Crippen LogP contribution in [0.4, 0.5) is 4.39 Å². The molecule has 29 heavy (non-hydrogen) atoms. The van der Waals surface area contributed by atoms with Crippen molar-refractivity contribution < 1.29 is 19.0 Å². The molecule has 0 radical (unpaired) electrons. The Hall–Kier alpha value is -2.67. The van der Waals surface area contributed by atoms with Gasteiger partial charge in [-0.2, -0.15) is 5.10 Å². The Morgan fingerprint density at radius 1 is 1.38 bits per heavy atom. The quantitative estimate of drug-likeness (QED) is 0.782. The molecule has 1 fully saturated rings. The number of aliphatic hydroxyl groups excluding tert-OH is 1. The normalized spacial score (nSPS) is 22.1. The minimum Gasteiger partial charge on any atom is -0.488 e. The third-order valence-corrected chi connectivity index (χ3v) is 5.65. The molecule has 1 heterocycles. The van der Waals surface area contributed by atoms with E-state index in [-0.39, 0.29) is 17.8 Å². The highest BCUT2D eigenvalue weighted by Crippen LogP contribution is 2.27. The largest absolute Gasteiger partial charge is 0.488 e. The topological polar surface area (TPSA) is 67.6 Å². The molecule has 0 bridgehead atoms. The molecule has 3 atom stereocenters. The van der Waals surface area contributed by atoms with Crippen LogP contribution in [0.1, 0.15) is 36.2 Å². The van der Waals surface area contributed by atoms with Gasteiger partial charge in [0.15, 0.2) is 0 Å². The number of amides is 1. The Balaban J connectivity index is 1.68. The monoisotopic (exact) mass is 401 g/mol. The number of nitrogens with zero attached hydrogens (tertiary/aromatic N) is 3. The highest BCUT2D eigenvalue weighted by Gasteiger charge is 2.37. The van der Waals surface area contributed by atoms with E-state index in [1.54, 1.807) is 34.8 Å². The van der Waals surface area contributed by atoms with Crippen LogP contribution in [-0.2, 0) is 11.8 Å². The number of carbonyl (C=O) groups excluding carboxylic acids is 1. The second kappa shape index (κ2) is 8.78. The van der Waals surface area contributed by atoms with E-state index in [4.69, 9.17) is 4.74 Å². The van der Waals surface area contributed by atoms with Crippen LogP contribution >= 0.6 is 0 Å². The number of aryl methyl sites for hydroxylation is 2. The zero-order valence-corrected chi connectivity index (χ0v) is 17.3. The molecule has 0 aliphatic heterocycles. The van der Waals surface area contributed by atoms with Gasteiger partial charge in [-0.15, -0.1) is 0 Å². The maximum absolute atomic E-state index is 13.4. The molecule has 1 aromatic heterocycles. The van der Waals surface area contributed by atoms with Crippen molar-refractivity contribution in [3.63, 3.8) is 0 Å². The molecule has 7 heteroatoms. The first-order chi connectivity index (χ1) is 13.8. The van der Waals surface area contributed by atoms with Gasteiger partial charge in [-0.25, -0.2) is 4.39 Å². The lowest BCUT2D eigenvalue weighted by atomic mass is 9.89. The molecule has 1 aliphatic carbocycles. The van der Waals surface area contributed by atoms with Gasteiger partial charge < -0.3 is 14.7 Å². The molecular formula is C22H28FN3O3. The number of carbonyl (C=O) groups is 1. The zero-order valence-electron chi connectivity index (χ0n) is 17.3. The zero-order chi connectivity index (χ0) is 21.1. The molecule has 3 rings (SSSR count). The van der Waals surface area contributed by atoms with E-state index in [2.05, 4.69) is 5.10 Å². The van der Waals surface area contributed by atoms with Gasteiger partial charge in [0.05, 0.1) is 11.7 Å². The highest BCUT2D eigenvalue weighted by atomic mass is 19.1. The van der Waals surface area contributed by atoms with E-state index in [9.17, 15) is 14.3 Å². The van der Waals surface area contributed by atoms with Crippen molar-refractivity contribution in [1.29, 1.82) is 0 Å². The summed E-state index contributed by atoms with van der Waals surface area (Å²) in [5.41, 5.74) is 2.76. The maximum Gasteiger partial charge on any atom is 0.246 e. The average molecular weight is 401 g/mol. The summed E-state index contributed by atoms with van der Waals surface area (Å²) in [5.74, 6) is -0.197. The summed E-state index contributed by atoms with van der Waals surface area (Å²) in [6, 6.07) is 5.51. The predicted molar refractivity (Wildman–Crippen MR) is 109 cm³/mol. The molecule has 2 aromatic rings. The molecule has 1 saturated carbocycles. The highest BCUT2D eigenvalue weighted by molar-refractivity contribution is 5.92. The van der Waals surface area contributed by atoms with Gasteiger partial charge in [0.2, 0.25) is 5.91 Å². The van der Waals surface area contributed by atoms with Crippen LogP contribution in [-0.4, -0.2) is 51.0 Å². The summed E-state index contributed by atoms with van der Waals surface area (Å²) < 4.78 is 21.0. The van der Waals surface area contributed by atoms with Gasteiger partial charge >= 0.3 is 0 Å². The third kappa shape index (κ3) is 4.67. The number of likely N-dealkylation sites (N-methyl/N-ethyl adjacent to an activating group) is 1. The van der Waals surface area contributed by atoms with Crippen molar-refractivity contribution in [2.75, 3.05) is 7.05 Å². The molecule has 0 saturated heterocycles. The minimum absolute atomic E-state index is 0.192. The van der Waals surface area contributed by atoms with Crippen LogP contribution < -0.4 is 4.74 Å². The lowest BCUT2D eigenvalue weighted by Crippen LogP contribution is -2.53. The Kier molecular flexibility index (Phi) is 6.37. The molecule has 1 aromatic carbocycles. The van der Waals surface area contributed by atoms with Crippen molar-refractivity contribution in [2.24, 2.45) is 7.05 Å². The van der Waals surface area contributed by atoms with E-state index < -0.39 is 12.2 Å². The van der Waals surface area contributed by atoms with Crippen LogP contribution in [0.3, 0.4) is 0 Å². The van der Waals surface area contributed by atoms with E-state index >= 15 is 0 Å². The fraction of sp³-hybridized carbons (Fsp3) is 0.455. The first-order valence-electron chi connectivity index (χ1n) is 9.83. The summed E-state index contributed by atoms with van der Waals surface area (Å²) in [6.45, 7) is 3.85. The van der Waals surface area contributed by atoms with Crippen LogP contribution in [0.25, 0.3) is 6.08 Å². The first kappa shape index (κ1) is 21.0. The molecular weight excluding hydrogens is 373 g/mol. The number of halogens is 1. The summed E-state index contributed by atoms with van der Waals surface area (Å²) in [5, 5.41) is 15.2. The number of rotatable bonds is 5. The Labute approximate surface area is 170 Å². The van der Waals surface area contributed by atoms with E-state index in [0.717, 1.165) is 23.4 Å². The third-order valence-electron chi connectivity index (χ3n) is 5.65. The maximum atomic E-state index is 13.4. The fourth-order valence-corrected chi connectivity index (χ4v) is 3.85. The molecule has 6 nitrogen and oxygen atoms in total. The average Bonchev–Trinajstić information content (AvgIpc) is 2.92. The van der Waals surface area contributed by atoms with Crippen molar-refractivity contribution in [3.05, 3.63) is 53.1 Å². The Morgan fingerprint density at radius 3 is 2.79 bits per heavy atom. The standard InChI is InChI=1S/C22H28FN3O3/c1-14-18(15(2)26(4)24-14)11-12-21(27)25(3)19-9-6-10-20(22(19)28)29-17-8-5-7-16(23)13-17/h5,7-8,11-13,19-20,22,28H,6,9-10H2,1-4H3/b12-11+/t19-,20-,22-/m1/s1. The number of hydrogen-bond acceptors (Lipinski definition) is 4. The molecule has 0 spiro atoms. The smallest absolute Gasteiger partial charge is 0.246 e. The van der Waals surface area contributed by atoms with Crippen molar-refractivity contribution in [1.82, 2.24) is 14.7 Å². The fourth-order valence-electron chi connectivity index (χ4n) is 3.85. The number of benzene rings is 1. The van der Waals surface area contributed by atoms with Gasteiger partial charge in [0.25, 0.3) is 0 Å². The predicted octanol–water partition coefficient (Wildman–Crippen LogP) is 3.01. The van der Waals surface area contributed by atoms with E-state index in [1.807, 2.05) is 20.9 Å².